The number of thiophene rings is 1. The lowest BCUT2D eigenvalue weighted by Crippen LogP contribution is -2.03. The van der Waals surface area contributed by atoms with Gasteiger partial charge < -0.3 is 19.6 Å². The molecule has 166 valence electrons. The first-order chi connectivity index (χ1) is 15.4. The quantitative estimate of drug-likeness (QED) is 0.274. The van der Waals surface area contributed by atoms with Crippen molar-refractivity contribution in [3.63, 3.8) is 0 Å². The van der Waals surface area contributed by atoms with Crippen molar-refractivity contribution in [2.75, 3.05) is 12.3 Å². The second-order valence-electron chi connectivity index (χ2n) is 6.47. The summed E-state index contributed by atoms with van der Waals surface area (Å²) in [6, 6.07) is 6.98. The third-order valence-corrected chi connectivity index (χ3v) is 6.51. The van der Waals surface area contributed by atoms with E-state index in [4.69, 9.17) is 31.2 Å². The number of nitrogen functional groups attached to an aromatic ring is 1. The smallest absolute Gasteiger partial charge is 0.348 e. The van der Waals surface area contributed by atoms with Crippen molar-refractivity contribution in [2.45, 2.75) is 31.4 Å². The molecule has 0 saturated carbocycles. The molecule has 1 aromatic carbocycles. The van der Waals surface area contributed by atoms with E-state index in [1.165, 1.54) is 23.1 Å². The summed E-state index contributed by atoms with van der Waals surface area (Å²) in [6.07, 6.45) is 0. The van der Waals surface area contributed by atoms with Gasteiger partial charge >= 0.3 is 5.97 Å². The minimum absolute atomic E-state index is 0.135. The number of carbonyl (C=O) groups excluding carboxylic acids is 1. The standard InChI is InChI=1S/C20H18ClN5O4S2/c1-3-28-19(27)16-10(2)15-17(22)23-13(24-18(15)32-16)9-31-20-26-25-14(30-20)8-29-12-6-4-11(21)5-7-12/h4-7H,3,8-9H2,1-2H3,(H2,22,23,24). The maximum Gasteiger partial charge on any atom is 0.348 e. The number of hydrogen-bond donors (Lipinski definition) is 1. The second kappa shape index (κ2) is 9.72. The molecule has 0 radical (unpaired) electrons. The zero-order valence-electron chi connectivity index (χ0n) is 17.1. The predicted molar refractivity (Wildman–Crippen MR) is 122 cm³/mol. The highest BCUT2D eigenvalue weighted by Crippen LogP contribution is 2.34. The average molecular weight is 492 g/mol. The van der Waals surface area contributed by atoms with Crippen LogP contribution in [0.25, 0.3) is 10.2 Å². The van der Waals surface area contributed by atoms with Crippen molar-refractivity contribution in [1.29, 1.82) is 0 Å². The number of thioether (sulfide) groups is 1. The Labute approximate surface area is 196 Å². The molecular formula is C20H18ClN5O4S2. The number of carbonyl (C=O) groups is 1. The predicted octanol–water partition coefficient (Wildman–Crippen LogP) is 4.67. The number of ether oxygens (including phenoxy) is 2. The van der Waals surface area contributed by atoms with Crippen LogP contribution in [0.5, 0.6) is 5.75 Å². The van der Waals surface area contributed by atoms with Gasteiger partial charge in [-0.1, -0.05) is 23.4 Å². The highest BCUT2D eigenvalue weighted by molar-refractivity contribution is 7.98. The lowest BCUT2D eigenvalue weighted by atomic mass is 10.2. The first kappa shape index (κ1) is 22.3. The van der Waals surface area contributed by atoms with Crippen LogP contribution in [0.2, 0.25) is 5.02 Å². The molecule has 0 fully saturated rings. The summed E-state index contributed by atoms with van der Waals surface area (Å²) in [5.74, 6) is 1.78. The summed E-state index contributed by atoms with van der Waals surface area (Å²) in [6.45, 7) is 4.00. The van der Waals surface area contributed by atoms with E-state index in [-0.39, 0.29) is 12.6 Å². The van der Waals surface area contributed by atoms with Gasteiger partial charge in [0.05, 0.1) is 17.7 Å². The third-order valence-electron chi connectivity index (χ3n) is 4.27. The number of aryl methyl sites for hydroxylation is 1. The molecule has 0 amide bonds. The fourth-order valence-electron chi connectivity index (χ4n) is 2.83. The lowest BCUT2D eigenvalue weighted by Gasteiger charge is -2.03. The molecule has 0 atom stereocenters. The minimum Gasteiger partial charge on any atom is -0.484 e. The molecule has 0 spiro atoms. The Balaban J connectivity index is 1.42. The van der Waals surface area contributed by atoms with Crippen LogP contribution in [-0.4, -0.2) is 32.7 Å². The SMILES string of the molecule is CCOC(=O)c1sc2nc(CSc3nnc(COc4ccc(Cl)cc4)o3)nc(N)c2c1C. The molecule has 2 N–H and O–H groups in total. The van der Waals surface area contributed by atoms with Crippen LogP contribution in [0, 0.1) is 6.92 Å². The van der Waals surface area contributed by atoms with Crippen LogP contribution < -0.4 is 10.5 Å². The largest absolute Gasteiger partial charge is 0.484 e. The molecule has 0 aliphatic carbocycles. The molecule has 0 aliphatic heterocycles. The van der Waals surface area contributed by atoms with Crippen molar-refractivity contribution < 1.29 is 18.7 Å². The van der Waals surface area contributed by atoms with Gasteiger partial charge in [-0.3, -0.25) is 0 Å². The first-order valence-corrected chi connectivity index (χ1v) is 11.7. The van der Waals surface area contributed by atoms with Gasteiger partial charge in [0.2, 0.25) is 0 Å². The Morgan fingerprint density at radius 2 is 2.03 bits per heavy atom. The Morgan fingerprint density at radius 1 is 1.25 bits per heavy atom. The van der Waals surface area contributed by atoms with Gasteiger partial charge in [0.25, 0.3) is 11.1 Å². The van der Waals surface area contributed by atoms with E-state index in [0.29, 0.717) is 61.0 Å². The highest BCUT2D eigenvalue weighted by atomic mass is 35.5. The van der Waals surface area contributed by atoms with E-state index in [0.717, 1.165) is 5.56 Å². The average Bonchev–Trinajstić information content (AvgIpc) is 3.36. The summed E-state index contributed by atoms with van der Waals surface area (Å²) < 4.78 is 16.3. The molecular weight excluding hydrogens is 474 g/mol. The highest BCUT2D eigenvalue weighted by Gasteiger charge is 2.20. The number of anilines is 1. The molecule has 3 aromatic heterocycles. The number of nitrogens with zero attached hydrogens (tertiary/aromatic N) is 4. The molecule has 32 heavy (non-hydrogen) atoms. The van der Waals surface area contributed by atoms with Gasteiger partial charge in [0.15, 0.2) is 6.61 Å². The molecule has 3 heterocycles. The maximum atomic E-state index is 12.2. The third kappa shape index (κ3) is 4.95. The summed E-state index contributed by atoms with van der Waals surface area (Å²) in [5.41, 5.74) is 6.86. The van der Waals surface area contributed by atoms with Crippen molar-refractivity contribution in [3.8, 4) is 5.75 Å². The fourth-order valence-corrected chi connectivity index (χ4v) is 4.69. The number of nitrogens with two attached hydrogens (primary N) is 1. The second-order valence-corrected chi connectivity index (χ2v) is 8.84. The molecule has 0 aliphatic rings. The van der Waals surface area contributed by atoms with Crippen LogP contribution in [0.15, 0.2) is 33.9 Å². The number of hydrogen-bond acceptors (Lipinski definition) is 11. The monoisotopic (exact) mass is 491 g/mol. The van der Waals surface area contributed by atoms with Gasteiger partial charge in [-0.2, -0.15) is 0 Å². The van der Waals surface area contributed by atoms with E-state index in [1.54, 1.807) is 31.2 Å². The number of aromatic nitrogens is 4. The zero-order chi connectivity index (χ0) is 22.7. The van der Waals surface area contributed by atoms with Crippen molar-refractivity contribution in [3.05, 3.63) is 51.4 Å². The summed E-state index contributed by atoms with van der Waals surface area (Å²) in [5, 5.41) is 9.64. The summed E-state index contributed by atoms with van der Waals surface area (Å²) in [7, 11) is 0. The lowest BCUT2D eigenvalue weighted by molar-refractivity contribution is 0.0531. The number of rotatable bonds is 8. The van der Waals surface area contributed by atoms with Crippen molar-refractivity contribution in [1.82, 2.24) is 20.2 Å². The van der Waals surface area contributed by atoms with E-state index in [9.17, 15) is 4.79 Å². The van der Waals surface area contributed by atoms with Crippen molar-refractivity contribution in [2.24, 2.45) is 0 Å². The van der Waals surface area contributed by atoms with E-state index in [1.807, 2.05) is 6.92 Å². The molecule has 4 rings (SSSR count). The van der Waals surface area contributed by atoms with Crippen LogP contribution in [0.3, 0.4) is 0 Å². The topological polar surface area (TPSA) is 126 Å². The molecule has 12 heteroatoms. The normalized spacial score (nSPS) is 11.1. The molecule has 9 nitrogen and oxygen atoms in total. The van der Waals surface area contributed by atoms with E-state index < -0.39 is 0 Å². The number of esters is 1. The van der Waals surface area contributed by atoms with Gasteiger partial charge in [0.1, 0.15) is 27.1 Å². The van der Waals surface area contributed by atoms with Crippen molar-refractivity contribution >= 4 is 56.7 Å². The Morgan fingerprint density at radius 3 is 2.78 bits per heavy atom. The summed E-state index contributed by atoms with van der Waals surface area (Å²) >= 11 is 8.38. The van der Waals surface area contributed by atoms with Gasteiger partial charge in [-0.15, -0.1) is 21.5 Å². The van der Waals surface area contributed by atoms with E-state index >= 15 is 0 Å². The fraction of sp³-hybridized carbons (Fsp3) is 0.250. The first-order valence-electron chi connectivity index (χ1n) is 9.50. The van der Waals surface area contributed by atoms with Gasteiger partial charge in [-0.05, 0) is 43.7 Å². The zero-order valence-corrected chi connectivity index (χ0v) is 19.5. The van der Waals surface area contributed by atoms with Crippen LogP contribution in [0.4, 0.5) is 5.82 Å². The van der Waals surface area contributed by atoms with Crippen LogP contribution >= 0.6 is 34.7 Å². The number of benzene rings is 1. The molecule has 0 unspecified atom stereocenters. The Bertz CT molecular complexity index is 1260. The maximum absolute atomic E-state index is 12.2. The van der Waals surface area contributed by atoms with Crippen LogP contribution in [0.1, 0.15) is 33.9 Å². The molecule has 0 bridgehead atoms. The number of fused-ring (bicyclic) bond motifs is 1. The van der Waals surface area contributed by atoms with Gasteiger partial charge in [-0.25, -0.2) is 14.8 Å². The van der Waals surface area contributed by atoms with Crippen LogP contribution in [-0.2, 0) is 17.1 Å². The Hall–Kier alpha value is -2.89. The van der Waals surface area contributed by atoms with Gasteiger partial charge in [0, 0.05) is 5.02 Å². The number of halogens is 1. The molecule has 0 saturated heterocycles. The Kier molecular flexibility index (Phi) is 6.77. The van der Waals surface area contributed by atoms with E-state index in [2.05, 4.69) is 20.2 Å². The molecule has 4 aromatic rings. The minimum atomic E-state index is -0.387. The summed E-state index contributed by atoms with van der Waals surface area (Å²) in [4.78, 5) is 22.2.